The van der Waals surface area contributed by atoms with Crippen LogP contribution < -0.4 is 10.6 Å². The number of nitrogens with one attached hydrogen (secondary N) is 2. The second kappa shape index (κ2) is 10.8. The summed E-state index contributed by atoms with van der Waals surface area (Å²) in [5, 5.41) is 6.25. The van der Waals surface area contributed by atoms with E-state index in [-0.39, 0.29) is 11.7 Å². The van der Waals surface area contributed by atoms with Gasteiger partial charge in [0.25, 0.3) is 5.91 Å². The van der Waals surface area contributed by atoms with E-state index in [9.17, 15) is 9.59 Å². The maximum absolute atomic E-state index is 13.0. The summed E-state index contributed by atoms with van der Waals surface area (Å²) in [6.45, 7) is 7.43. The normalized spacial score (nSPS) is 13.8. The number of Topliss-reactive ketones (excluding diaryl/α,β-unsaturated/α-hetero) is 1. The lowest BCUT2D eigenvalue weighted by Crippen LogP contribution is -2.12. The topological polar surface area (TPSA) is 71.1 Å². The average molecular weight is 486 g/mol. The number of ketones is 1. The summed E-state index contributed by atoms with van der Waals surface area (Å²) < 4.78 is 0. The molecule has 2 N–H and O–H groups in total. The highest BCUT2D eigenvalue weighted by Gasteiger charge is 2.18. The number of pyridine rings is 1. The summed E-state index contributed by atoms with van der Waals surface area (Å²) >= 11 is 1.61. The number of thiophene rings is 1. The van der Waals surface area contributed by atoms with Gasteiger partial charge in [0.15, 0.2) is 5.78 Å². The lowest BCUT2D eigenvalue weighted by atomic mass is 9.97. The highest BCUT2D eigenvalue weighted by Crippen LogP contribution is 2.31. The molecule has 0 saturated heterocycles. The first-order chi connectivity index (χ1) is 16.9. The van der Waals surface area contributed by atoms with Gasteiger partial charge >= 0.3 is 0 Å². The third-order valence-electron chi connectivity index (χ3n) is 6.28. The number of allylic oxidation sites excluding steroid dienone is 4. The van der Waals surface area contributed by atoms with E-state index in [4.69, 9.17) is 0 Å². The predicted octanol–water partition coefficient (Wildman–Crippen LogP) is 6.88. The Labute approximate surface area is 211 Å². The zero-order valence-corrected chi connectivity index (χ0v) is 21.5. The van der Waals surface area contributed by atoms with Gasteiger partial charge in [0.1, 0.15) is 5.82 Å². The molecule has 0 bridgehead atoms. The first-order valence-electron chi connectivity index (χ1n) is 12.0. The quantitative estimate of drug-likeness (QED) is 0.283. The van der Waals surface area contributed by atoms with Crippen molar-refractivity contribution in [2.75, 3.05) is 10.6 Å². The first-order valence-corrected chi connectivity index (χ1v) is 12.8. The van der Waals surface area contributed by atoms with Crippen molar-refractivity contribution in [3.63, 3.8) is 0 Å². The molecule has 3 aromatic rings. The SMILES string of the molecule is CC=C(/C=C(/Nc1ccc(C)cn1)C(C)=O)c1cccc(NC(=O)c2cc3c(s2)CCCC3)c1C. The Kier molecular flexibility index (Phi) is 7.61. The molecule has 0 atom stereocenters. The second-order valence-corrected chi connectivity index (χ2v) is 10.0. The van der Waals surface area contributed by atoms with E-state index in [0.717, 1.165) is 45.7 Å². The number of hydrogen-bond donors (Lipinski definition) is 2. The molecule has 35 heavy (non-hydrogen) atoms. The number of carbonyl (C=O) groups is 2. The number of rotatable bonds is 7. The van der Waals surface area contributed by atoms with Crippen molar-refractivity contribution in [2.24, 2.45) is 0 Å². The zero-order valence-electron chi connectivity index (χ0n) is 20.7. The number of nitrogens with zero attached hydrogens (tertiary/aromatic N) is 1. The van der Waals surface area contributed by atoms with Crippen LogP contribution in [0.15, 0.2) is 60.4 Å². The van der Waals surface area contributed by atoms with Crippen molar-refractivity contribution in [1.29, 1.82) is 0 Å². The third kappa shape index (κ3) is 5.77. The van der Waals surface area contributed by atoms with Gasteiger partial charge in [0.05, 0.1) is 10.6 Å². The van der Waals surface area contributed by atoms with Crippen LogP contribution in [-0.4, -0.2) is 16.7 Å². The van der Waals surface area contributed by atoms with Gasteiger partial charge in [-0.05, 0) is 98.6 Å². The third-order valence-corrected chi connectivity index (χ3v) is 7.51. The van der Waals surface area contributed by atoms with Crippen molar-refractivity contribution in [2.45, 2.75) is 53.4 Å². The van der Waals surface area contributed by atoms with Gasteiger partial charge in [-0.3, -0.25) is 9.59 Å². The maximum Gasteiger partial charge on any atom is 0.265 e. The van der Waals surface area contributed by atoms with Crippen LogP contribution in [0.1, 0.15) is 63.5 Å². The largest absolute Gasteiger partial charge is 0.337 e. The van der Waals surface area contributed by atoms with Crippen molar-refractivity contribution < 1.29 is 9.59 Å². The molecule has 1 amide bonds. The minimum Gasteiger partial charge on any atom is -0.337 e. The van der Waals surface area contributed by atoms with Gasteiger partial charge < -0.3 is 10.6 Å². The number of aromatic nitrogens is 1. The molecule has 0 aliphatic heterocycles. The van der Waals surface area contributed by atoms with Gasteiger partial charge in [-0.2, -0.15) is 0 Å². The van der Waals surface area contributed by atoms with Crippen LogP contribution in [0.4, 0.5) is 11.5 Å². The monoisotopic (exact) mass is 485 g/mol. The molecule has 2 heterocycles. The maximum atomic E-state index is 13.0. The number of carbonyl (C=O) groups excluding carboxylic acids is 2. The van der Waals surface area contributed by atoms with Gasteiger partial charge in [0, 0.05) is 23.7 Å². The van der Waals surface area contributed by atoms with E-state index >= 15 is 0 Å². The molecule has 2 aromatic heterocycles. The Hall–Kier alpha value is -3.51. The summed E-state index contributed by atoms with van der Waals surface area (Å²) in [4.78, 5) is 31.9. The first kappa shape index (κ1) is 24.6. The van der Waals surface area contributed by atoms with E-state index in [1.54, 1.807) is 17.5 Å². The standard InChI is InChI=1S/C29H31N3O2S/c1-5-21(15-25(20(4)33)31-28-14-13-18(2)17-30-28)23-10-8-11-24(19(23)3)32-29(34)27-16-22-9-6-7-12-26(22)35-27/h5,8,10-11,13-17H,6-7,9,12H2,1-4H3,(H,30,31)(H,32,34)/b21-5?,25-15+. The number of anilines is 2. The molecule has 0 spiro atoms. The molecular formula is C29H31N3O2S. The van der Waals surface area contributed by atoms with Crippen molar-refractivity contribution in [1.82, 2.24) is 4.98 Å². The smallest absolute Gasteiger partial charge is 0.265 e. The Morgan fingerprint density at radius 3 is 2.54 bits per heavy atom. The molecule has 180 valence electrons. The van der Waals surface area contributed by atoms with Crippen LogP contribution in [0.2, 0.25) is 0 Å². The van der Waals surface area contributed by atoms with Gasteiger partial charge in [-0.15, -0.1) is 11.3 Å². The Balaban J connectivity index is 1.58. The summed E-state index contributed by atoms with van der Waals surface area (Å²) in [5.41, 5.74) is 6.38. The number of fused-ring (bicyclic) bond motifs is 1. The van der Waals surface area contributed by atoms with Crippen LogP contribution in [0.3, 0.4) is 0 Å². The van der Waals surface area contributed by atoms with Crippen LogP contribution in [0.5, 0.6) is 0 Å². The van der Waals surface area contributed by atoms with Crippen LogP contribution in [0.25, 0.3) is 5.57 Å². The zero-order chi connectivity index (χ0) is 24.9. The molecule has 6 heteroatoms. The number of benzene rings is 1. The van der Waals surface area contributed by atoms with Gasteiger partial charge in [0.2, 0.25) is 0 Å². The fourth-order valence-electron chi connectivity index (χ4n) is 4.25. The summed E-state index contributed by atoms with van der Waals surface area (Å²) in [5.74, 6) is 0.457. The van der Waals surface area contributed by atoms with Crippen LogP contribution in [0, 0.1) is 13.8 Å². The van der Waals surface area contributed by atoms with E-state index in [1.807, 2.05) is 63.3 Å². The molecule has 0 saturated carbocycles. The van der Waals surface area contributed by atoms with Crippen LogP contribution >= 0.6 is 11.3 Å². The second-order valence-electron chi connectivity index (χ2n) is 8.90. The van der Waals surface area contributed by atoms with Crippen LogP contribution in [-0.2, 0) is 17.6 Å². The fourth-order valence-corrected chi connectivity index (χ4v) is 5.40. The summed E-state index contributed by atoms with van der Waals surface area (Å²) in [6.07, 6.45) is 10.1. The van der Waals surface area contributed by atoms with E-state index in [2.05, 4.69) is 21.7 Å². The molecule has 1 aliphatic rings. The Morgan fingerprint density at radius 2 is 1.86 bits per heavy atom. The molecule has 0 fully saturated rings. The molecular weight excluding hydrogens is 454 g/mol. The van der Waals surface area contributed by atoms with Crippen molar-refractivity contribution in [3.8, 4) is 0 Å². The molecule has 0 radical (unpaired) electrons. The van der Waals surface area contributed by atoms with E-state index in [1.165, 1.54) is 30.2 Å². The predicted molar refractivity (Wildman–Crippen MR) is 145 cm³/mol. The molecule has 0 unspecified atom stereocenters. The lowest BCUT2D eigenvalue weighted by molar-refractivity contribution is -0.113. The fraction of sp³-hybridized carbons (Fsp3) is 0.276. The van der Waals surface area contributed by atoms with E-state index in [0.29, 0.717) is 11.5 Å². The van der Waals surface area contributed by atoms with Gasteiger partial charge in [-0.25, -0.2) is 4.98 Å². The minimum absolute atomic E-state index is 0.0706. The van der Waals surface area contributed by atoms with E-state index < -0.39 is 0 Å². The van der Waals surface area contributed by atoms with Gasteiger partial charge in [-0.1, -0.05) is 24.3 Å². The average Bonchev–Trinajstić information content (AvgIpc) is 3.29. The summed E-state index contributed by atoms with van der Waals surface area (Å²) in [7, 11) is 0. The molecule has 1 aromatic carbocycles. The number of hydrogen-bond acceptors (Lipinski definition) is 5. The molecule has 5 nitrogen and oxygen atoms in total. The minimum atomic E-state index is -0.0875. The number of amides is 1. The Bertz CT molecular complexity index is 1290. The van der Waals surface area contributed by atoms with Crippen molar-refractivity contribution >= 4 is 40.1 Å². The number of aryl methyl sites for hydroxylation is 3. The highest BCUT2D eigenvalue weighted by molar-refractivity contribution is 7.14. The lowest BCUT2D eigenvalue weighted by Gasteiger charge is -2.14. The van der Waals surface area contributed by atoms with Crippen molar-refractivity contribution in [3.05, 3.63) is 92.5 Å². The molecule has 1 aliphatic carbocycles. The highest BCUT2D eigenvalue weighted by atomic mass is 32.1. The Morgan fingerprint density at radius 1 is 1.06 bits per heavy atom. The molecule has 4 rings (SSSR count). The summed E-state index contributed by atoms with van der Waals surface area (Å²) in [6, 6.07) is 11.7.